The van der Waals surface area contributed by atoms with Gasteiger partial charge in [0.15, 0.2) is 0 Å². The third-order valence-electron chi connectivity index (χ3n) is 3.99. The predicted molar refractivity (Wildman–Crippen MR) is 82.3 cm³/mol. The standard InChI is InChI=1S/C13H22BrN3S/c1-9-12(14)10(17(4)16-9)8-11(15-3)13(2)6-5-7-18-13/h11,15H,5-8H2,1-4H3. The van der Waals surface area contributed by atoms with Crippen molar-refractivity contribution >= 4 is 27.7 Å². The van der Waals surface area contributed by atoms with Crippen molar-refractivity contribution in [3.8, 4) is 0 Å². The minimum Gasteiger partial charge on any atom is -0.315 e. The number of nitrogens with zero attached hydrogens (tertiary/aromatic N) is 2. The Morgan fingerprint density at radius 1 is 1.61 bits per heavy atom. The lowest BCUT2D eigenvalue weighted by molar-refractivity contribution is 0.415. The van der Waals surface area contributed by atoms with E-state index in [1.807, 2.05) is 18.7 Å². The minimum absolute atomic E-state index is 0.354. The van der Waals surface area contributed by atoms with Crippen molar-refractivity contribution in [2.75, 3.05) is 12.8 Å². The van der Waals surface area contributed by atoms with Gasteiger partial charge in [0.05, 0.1) is 15.9 Å². The molecule has 1 aromatic heterocycles. The molecular weight excluding hydrogens is 310 g/mol. The van der Waals surface area contributed by atoms with E-state index >= 15 is 0 Å². The van der Waals surface area contributed by atoms with E-state index in [1.54, 1.807) is 0 Å². The molecule has 0 aliphatic carbocycles. The van der Waals surface area contributed by atoms with E-state index in [-0.39, 0.29) is 0 Å². The van der Waals surface area contributed by atoms with Crippen LogP contribution in [-0.2, 0) is 13.5 Å². The van der Waals surface area contributed by atoms with Gasteiger partial charge in [-0.3, -0.25) is 4.68 Å². The van der Waals surface area contributed by atoms with Crippen molar-refractivity contribution < 1.29 is 0 Å². The zero-order chi connectivity index (χ0) is 13.3. The summed E-state index contributed by atoms with van der Waals surface area (Å²) in [5.74, 6) is 1.29. The van der Waals surface area contributed by atoms with Crippen LogP contribution in [0.1, 0.15) is 31.2 Å². The van der Waals surface area contributed by atoms with Gasteiger partial charge in [0.25, 0.3) is 0 Å². The van der Waals surface area contributed by atoms with Crippen molar-refractivity contribution in [1.82, 2.24) is 15.1 Å². The second-order valence-electron chi connectivity index (χ2n) is 5.28. The number of halogens is 1. The number of rotatable bonds is 4. The molecule has 5 heteroatoms. The number of likely N-dealkylation sites (N-methyl/N-ethyl adjacent to an activating group) is 1. The molecule has 2 unspecified atom stereocenters. The molecule has 1 fully saturated rings. The molecule has 2 rings (SSSR count). The zero-order valence-corrected chi connectivity index (χ0v) is 14.0. The van der Waals surface area contributed by atoms with Crippen LogP contribution in [0.2, 0.25) is 0 Å². The molecule has 1 aromatic rings. The number of hydrogen-bond acceptors (Lipinski definition) is 3. The predicted octanol–water partition coefficient (Wildman–Crippen LogP) is 2.91. The van der Waals surface area contributed by atoms with Crippen LogP contribution in [0.4, 0.5) is 0 Å². The van der Waals surface area contributed by atoms with Crippen LogP contribution in [-0.4, -0.2) is 33.4 Å². The van der Waals surface area contributed by atoms with Crippen LogP contribution < -0.4 is 5.32 Å². The Labute approximate surface area is 122 Å². The molecule has 0 bridgehead atoms. The lowest BCUT2D eigenvalue weighted by Crippen LogP contribution is -2.45. The number of nitrogens with one attached hydrogen (secondary N) is 1. The molecule has 0 saturated carbocycles. The fourth-order valence-corrected chi connectivity index (χ4v) is 4.74. The van der Waals surface area contributed by atoms with Crippen molar-refractivity contribution in [2.24, 2.45) is 7.05 Å². The summed E-state index contributed by atoms with van der Waals surface area (Å²) in [6, 6.07) is 0.496. The van der Waals surface area contributed by atoms with Gasteiger partial charge in [0, 0.05) is 24.3 Å². The fraction of sp³-hybridized carbons (Fsp3) is 0.769. The first-order chi connectivity index (χ1) is 8.48. The highest BCUT2D eigenvalue weighted by Gasteiger charge is 2.37. The topological polar surface area (TPSA) is 29.9 Å². The molecular formula is C13H22BrN3S. The second-order valence-corrected chi connectivity index (χ2v) is 7.70. The van der Waals surface area contributed by atoms with E-state index in [0.29, 0.717) is 10.8 Å². The fourth-order valence-electron chi connectivity index (χ4n) is 2.79. The highest BCUT2D eigenvalue weighted by molar-refractivity contribution is 9.10. The van der Waals surface area contributed by atoms with E-state index in [4.69, 9.17) is 0 Å². The monoisotopic (exact) mass is 331 g/mol. The molecule has 1 N–H and O–H groups in total. The van der Waals surface area contributed by atoms with E-state index in [2.05, 4.69) is 52.1 Å². The van der Waals surface area contributed by atoms with Gasteiger partial charge < -0.3 is 5.32 Å². The van der Waals surface area contributed by atoms with Gasteiger partial charge in [-0.05, 0) is 55.4 Å². The largest absolute Gasteiger partial charge is 0.315 e. The number of hydrogen-bond donors (Lipinski definition) is 1. The van der Waals surface area contributed by atoms with E-state index in [9.17, 15) is 0 Å². The Morgan fingerprint density at radius 3 is 2.78 bits per heavy atom. The summed E-state index contributed by atoms with van der Waals surface area (Å²) < 4.78 is 3.52. The Morgan fingerprint density at radius 2 is 2.33 bits per heavy atom. The quantitative estimate of drug-likeness (QED) is 0.919. The van der Waals surface area contributed by atoms with Crippen LogP contribution >= 0.6 is 27.7 Å². The maximum Gasteiger partial charge on any atom is 0.0738 e. The van der Waals surface area contributed by atoms with Crippen LogP contribution in [0.25, 0.3) is 0 Å². The van der Waals surface area contributed by atoms with Gasteiger partial charge in [-0.25, -0.2) is 0 Å². The smallest absolute Gasteiger partial charge is 0.0738 e. The van der Waals surface area contributed by atoms with Gasteiger partial charge in [-0.15, -0.1) is 0 Å². The molecule has 2 atom stereocenters. The maximum atomic E-state index is 4.48. The van der Waals surface area contributed by atoms with Crippen molar-refractivity contribution in [2.45, 2.75) is 43.9 Å². The molecule has 0 radical (unpaired) electrons. The zero-order valence-electron chi connectivity index (χ0n) is 11.6. The Hall–Kier alpha value is -0.000000000000000111. The average molecular weight is 332 g/mol. The first-order valence-corrected chi connectivity index (χ1v) is 8.25. The normalized spacial score (nSPS) is 25.6. The van der Waals surface area contributed by atoms with Gasteiger partial charge in [-0.2, -0.15) is 16.9 Å². The Kier molecular flexibility index (Phi) is 4.44. The molecule has 0 amide bonds. The second kappa shape index (κ2) is 5.55. The van der Waals surface area contributed by atoms with Crippen LogP contribution in [0.5, 0.6) is 0 Å². The molecule has 18 heavy (non-hydrogen) atoms. The highest BCUT2D eigenvalue weighted by Crippen LogP contribution is 2.41. The summed E-state index contributed by atoms with van der Waals surface area (Å²) in [6.45, 7) is 4.44. The highest BCUT2D eigenvalue weighted by atomic mass is 79.9. The summed E-state index contributed by atoms with van der Waals surface area (Å²) in [4.78, 5) is 0. The third kappa shape index (κ3) is 2.63. The lowest BCUT2D eigenvalue weighted by atomic mass is 9.92. The van der Waals surface area contributed by atoms with Gasteiger partial charge in [-0.1, -0.05) is 0 Å². The van der Waals surface area contributed by atoms with Crippen LogP contribution in [0.3, 0.4) is 0 Å². The van der Waals surface area contributed by atoms with Gasteiger partial charge >= 0.3 is 0 Å². The number of aromatic nitrogens is 2. The Balaban J connectivity index is 2.20. The third-order valence-corrected chi connectivity index (χ3v) is 6.67. The first-order valence-electron chi connectivity index (χ1n) is 6.47. The summed E-state index contributed by atoms with van der Waals surface area (Å²) in [6.07, 6.45) is 3.67. The number of thioether (sulfide) groups is 1. The summed E-state index contributed by atoms with van der Waals surface area (Å²) >= 11 is 5.77. The van der Waals surface area contributed by atoms with Crippen LogP contribution in [0, 0.1) is 6.92 Å². The molecule has 1 saturated heterocycles. The van der Waals surface area contributed by atoms with E-state index in [1.165, 1.54) is 24.3 Å². The molecule has 1 aliphatic rings. The first kappa shape index (κ1) is 14.4. The number of aryl methyl sites for hydroxylation is 2. The average Bonchev–Trinajstić information content (AvgIpc) is 2.85. The van der Waals surface area contributed by atoms with E-state index < -0.39 is 0 Å². The van der Waals surface area contributed by atoms with Crippen LogP contribution in [0.15, 0.2) is 4.47 Å². The maximum absolute atomic E-state index is 4.48. The summed E-state index contributed by atoms with van der Waals surface area (Å²) in [5.41, 5.74) is 2.37. The SMILES string of the molecule is CNC(Cc1c(Br)c(C)nn1C)C1(C)CCCS1. The van der Waals surface area contributed by atoms with Crippen molar-refractivity contribution in [1.29, 1.82) is 0 Å². The molecule has 0 spiro atoms. The molecule has 0 aromatic carbocycles. The summed E-state index contributed by atoms with van der Waals surface area (Å²) in [7, 11) is 4.11. The Bertz CT molecular complexity index is 424. The summed E-state index contributed by atoms with van der Waals surface area (Å²) in [5, 5.41) is 8.00. The van der Waals surface area contributed by atoms with E-state index in [0.717, 1.165) is 16.6 Å². The molecule has 1 aliphatic heterocycles. The molecule has 102 valence electrons. The lowest BCUT2D eigenvalue weighted by Gasteiger charge is -2.33. The molecule has 2 heterocycles. The molecule has 3 nitrogen and oxygen atoms in total. The van der Waals surface area contributed by atoms with Crippen molar-refractivity contribution in [3.63, 3.8) is 0 Å². The minimum atomic E-state index is 0.354. The van der Waals surface area contributed by atoms with Gasteiger partial charge in [0.2, 0.25) is 0 Å². The van der Waals surface area contributed by atoms with Gasteiger partial charge in [0.1, 0.15) is 0 Å². The van der Waals surface area contributed by atoms with Crippen molar-refractivity contribution in [3.05, 3.63) is 15.9 Å².